The highest BCUT2D eigenvalue weighted by Crippen LogP contribution is 2.13. The van der Waals surface area contributed by atoms with Crippen LogP contribution in [0.5, 0.6) is 5.75 Å². The number of hydrogen-bond donors (Lipinski definition) is 1. The van der Waals surface area contributed by atoms with E-state index in [4.69, 9.17) is 4.74 Å². The molecule has 0 aliphatic carbocycles. The van der Waals surface area contributed by atoms with Crippen LogP contribution in [0.2, 0.25) is 0 Å². The Morgan fingerprint density at radius 2 is 1.83 bits per heavy atom. The van der Waals surface area contributed by atoms with E-state index in [0.717, 1.165) is 17.9 Å². The summed E-state index contributed by atoms with van der Waals surface area (Å²) in [5, 5.41) is 2.82. The molecule has 0 radical (unpaired) electrons. The van der Waals surface area contributed by atoms with Crippen LogP contribution in [0.1, 0.15) is 11.1 Å². The smallest absolute Gasteiger partial charge is 0.229 e. The summed E-state index contributed by atoms with van der Waals surface area (Å²) >= 11 is 0. The highest BCUT2D eigenvalue weighted by atomic mass is 16.5. The van der Waals surface area contributed by atoms with Crippen LogP contribution in [0.15, 0.2) is 67.1 Å². The molecule has 5 nitrogen and oxygen atoms in total. The summed E-state index contributed by atoms with van der Waals surface area (Å²) in [6.07, 6.45) is 3.85. The van der Waals surface area contributed by atoms with E-state index in [1.807, 2.05) is 53.2 Å². The first-order valence-electron chi connectivity index (χ1n) is 7.71. The summed E-state index contributed by atoms with van der Waals surface area (Å²) in [6, 6.07) is 17.6. The Hall–Kier alpha value is -3.08. The number of nitrogens with zero attached hydrogens (tertiary/aromatic N) is 2. The van der Waals surface area contributed by atoms with Crippen molar-refractivity contribution in [3.8, 4) is 5.75 Å². The number of rotatable bonds is 6. The second kappa shape index (κ2) is 7.46. The predicted molar refractivity (Wildman–Crippen MR) is 93.1 cm³/mol. The number of hydrogen-bond acceptors (Lipinski definition) is 3. The van der Waals surface area contributed by atoms with E-state index >= 15 is 0 Å². The van der Waals surface area contributed by atoms with Crippen LogP contribution in [-0.2, 0) is 17.8 Å². The number of nitrogens with one attached hydrogen (secondary N) is 1. The predicted octanol–water partition coefficient (Wildman–Crippen LogP) is 3.12. The molecule has 0 fully saturated rings. The average molecular weight is 321 g/mol. The maximum Gasteiger partial charge on any atom is 0.229 e. The normalized spacial score (nSPS) is 10.4. The number of carbonyl (C=O) groups excluding carboxylic acids is 1. The van der Waals surface area contributed by atoms with Crippen molar-refractivity contribution in [3.63, 3.8) is 0 Å². The van der Waals surface area contributed by atoms with Crippen molar-refractivity contribution < 1.29 is 9.53 Å². The van der Waals surface area contributed by atoms with Gasteiger partial charge in [-0.2, -0.15) is 0 Å². The van der Waals surface area contributed by atoms with E-state index in [1.165, 1.54) is 5.56 Å². The lowest BCUT2D eigenvalue weighted by Crippen LogP contribution is -2.14. The van der Waals surface area contributed by atoms with Gasteiger partial charge in [0.2, 0.25) is 5.91 Å². The monoisotopic (exact) mass is 321 g/mol. The number of anilines is 1. The summed E-state index contributed by atoms with van der Waals surface area (Å²) in [5.74, 6) is 1.24. The van der Waals surface area contributed by atoms with Crippen LogP contribution in [-0.4, -0.2) is 22.6 Å². The van der Waals surface area contributed by atoms with Gasteiger partial charge in [-0.05, 0) is 23.3 Å². The Balaban J connectivity index is 1.56. The van der Waals surface area contributed by atoms with Crippen molar-refractivity contribution >= 4 is 11.7 Å². The van der Waals surface area contributed by atoms with Gasteiger partial charge in [0.15, 0.2) is 5.82 Å². The molecule has 0 aliphatic rings. The minimum Gasteiger partial charge on any atom is -0.497 e. The standard InChI is InChI=1S/C19H19N3O2/c1-24-17-9-7-15(8-10-17)11-19(23)21-18-13-22(14-20-18)12-16-5-3-2-4-6-16/h2-10,13-14H,11-12H2,1H3,(H,21,23). The molecule has 0 aliphatic heterocycles. The van der Waals surface area contributed by atoms with Gasteiger partial charge in [0.05, 0.1) is 19.9 Å². The lowest BCUT2D eigenvalue weighted by molar-refractivity contribution is -0.115. The number of benzene rings is 2. The number of imidazole rings is 1. The summed E-state index contributed by atoms with van der Waals surface area (Å²) in [6.45, 7) is 0.724. The molecule has 3 aromatic rings. The molecule has 0 saturated heterocycles. The molecule has 1 amide bonds. The minimum absolute atomic E-state index is 0.0925. The fourth-order valence-corrected chi connectivity index (χ4v) is 2.42. The summed E-state index contributed by atoms with van der Waals surface area (Å²) in [7, 11) is 1.62. The third-order valence-corrected chi connectivity index (χ3v) is 3.63. The van der Waals surface area contributed by atoms with Crippen molar-refractivity contribution in [2.45, 2.75) is 13.0 Å². The van der Waals surface area contributed by atoms with Gasteiger partial charge in [-0.3, -0.25) is 4.79 Å². The second-order valence-electron chi connectivity index (χ2n) is 5.49. The van der Waals surface area contributed by atoms with Crippen molar-refractivity contribution in [1.82, 2.24) is 9.55 Å². The van der Waals surface area contributed by atoms with E-state index in [-0.39, 0.29) is 5.91 Å². The third-order valence-electron chi connectivity index (χ3n) is 3.63. The van der Waals surface area contributed by atoms with E-state index in [1.54, 1.807) is 13.4 Å². The Labute approximate surface area is 140 Å². The van der Waals surface area contributed by atoms with Gasteiger partial charge in [0, 0.05) is 12.7 Å². The van der Waals surface area contributed by atoms with E-state index < -0.39 is 0 Å². The maximum absolute atomic E-state index is 12.1. The van der Waals surface area contributed by atoms with Gasteiger partial charge in [0.1, 0.15) is 5.75 Å². The van der Waals surface area contributed by atoms with Crippen LogP contribution >= 0.6 is 0 Å². The maximum atomic E-state index is 12.1. The Morgan fingerprint density at radius 1 is 1.08 bits per heavy atom. The number of amides is 1. The first-order chi connectivity index (χ1) is 11.7. The molecular formula is C19H19N3O2. The Kier molecular flexibility index (Phi) is 4.91. The SMILES string of the molecule is COc1ccc(CC(=O)Nc2cn(Cc3ccccc3)cn2)cc1. The van der Waals surface area contributed by atoms with E-state index in [9.17, 15) is 4.79 Å². The lowest BCUT2D eigenvalue weighted by atomic mass is 10.1. The Bertz CT molecular complexity index is 795. The topological polar surface area (TPSA) is 56.1 Å². The van der Waals surface area contributed by atoms with Crippen molar-refractivity contribution in [2.75, 3.05) is 12.4 Å². The molecule has 0 bridgehead atoms. The van der Waals surface area contributed by atoms with Crippen molar-refractivity contribution in [3.05, 3.63) is 78.2 Å². The zero-order chi connectivity index (χ0) is 16.8. The van der Waals surface area contributed by atoms with Gasteiger partial charge in [-0.15, -0.1) is 0 Å². The number of carbonyl (C=O) groups is 1. The quantitative estimate of drug-likeness (QED) is 0.759. The first kappa shape index (κ1) is 15.8. The number of aromatic nitrogens is 2. The molecule has 122 valence electrons. The third kappa shape index (κ3) is 4.23. The molecule has 0 spiro atoms. The summed E-state index contributed by atoms with van der Waals surface area (Å²) < 4.78 is 7.05. The zero-order valence-corrected chi connectivity index (χ0v) is 13.5. The van der Waals surface area contributed by atoms with Gasteiger partial charge >= 0.3 is 0 Å². The van der Waals surface area contributed by atoms with Gasteiger partial charge in [-0.1, -0.05) is 42.5 Å². The van der Waals surface area contributed by atoms with Gasteiger partial charge in [0.25, 0.3) is 0 Å². The average Bonchev–Trinajstić information content (AvgIpc) is 3.03. The highest BCUT2D eigenvalue weighted by Gasteiger charge is 2.07. The lowest BCUT2D eigenvalue weighted by Gasteiger charge is -2.04. The summed E-state index contributed by atoms with van der Waals surface area (Å²) in [4.78, 5) is 16.3. The van der Waals surface area contributed by atoms with Crippen LogP contribution in [0, 0.1) is 0 Å². The van der Waals surface area contributed by atoms with Crippen LogP contribution < -0.4 is 10.1 Å². The van der Waals surface area contributed by atoms with Crippen LogP contribution in [0.4, 0.5) is 5.82 Å². The van der Waals surface area contributed by atoms with E-state index in [2.05, 4.69) is 22.4 Å². The van der Waals surface area contributed by atoms with Crippen molar-refractivity contribution in [1.29, 1.82) is 0 Å². The first-order valence-corrected chi connectivity index (χ1v) is 7.71. The molecule has 1 N–H and O–H groups in total. The molecule has 1 heterocycles. The van der Waals surface area contributed by atoms with Crippen LogP contribution in [0.3, 0.4) is 0 Å². The molecule has 0 unspecified atom stereocenters. The zero-order valence-electron chi connectivity index (χ0n) is 13.5. The molecule has 2 aromatic carbocycles. The number of methoxy groups -OCH3 is 1. The van der Waals surface area contributed by atoms with Gasteiger partial charge < -0.3 is 14.6 Å². The molecule has 24 heavy (non-hydrogen) atoms. The highest BCUT2D eigenvalue weighted by molar-refractivity contribution is 5.91. The van der Waals surface area contributed by atoms with Crippen molar-refractivity contribution in [2.24, 2.45) is 0 Å². The molecular weight excluding hydrogens is 302 g/mol. The largest absolute Gasteiger partial charge is 0.497 e. The fourth-order valence-electron chi connectivity index (χ4n) is 2.42. The van der Waals surface area contributed by atoms with Gasteiger partial charge in [-0.25, -0.2) is 4.98 Å². The van der Waals surface area contributed by atoms with E-state index in [0.29, 0.717) is 12.2 Å². The summed E-state index contributed by atoms with van der Waals surface area (Å²) in [5.41, 5.74) is 2.11. The molecule has 1 aromatic heterocycles. The molecule has 0 saturated carbocycles. The molecule has 0 atom stereocenters. The molecule has 3 rings (SSSR count). The fraction of sp³-hybridized carbons (Fsp3) is 0.158. The molecule has 5 heteroatoms. The minimum atomic E-state index is -0.0925. The second-order valence-corrected chi connectivity index (χ2v) is 5.49. The Morgan fingerprint density at radius 3 is 2.54 bits per heavy atom. The number of ether oxygens (including phenoxy) is 1. The van der Waals surface area contributed by atoms with Crippen LogP contribution in [0.25, 0.3) is 0 Å².